The lowest BCUT2D eigenvalue weighted by atomic mass is 10.4. The van der Waals surface area contributed by atoms with Crippen molar-refractivity contribution in [3.63, 3.8) is 0 Å². The molecule has 42 valence electrons. The van der Waals surface area contributed by atoms with E-state index in [1.807, 2.05) is 0 Å². The summed E-state index contributed by atoms with van der Waals surface area (Å²) in [4.78, 5) is 0. The molecular formula is C5H7N3. The molecule has 0 aliphatic rings. The zero-order valence-electron chi connectivity index (χ0n) is 7.13. The predicted octanol–water partition coefficient (Wildman–Crippen LogP) is 0.367. The Balaban J connectivity index is 2.99. The minimum atomic E-state index is -2.19. The predicted molar refractivity (Wildman–Crippen MR) is 31.2 cm³/mol. The van der Waals surface area contributed by atoms with Gasteiger partial charge in [0.25, 0.3) is 0 Å². The van der Waals surface area contributed by atoms with Crippen LogP contribution in [0.5, 0.6) is 0 Å². The van der Waals surface area contributed by atoms with Gasteiger partial charge < -0.3 is 5.73 Å². The van der Waals surface area contributed by atoms with Crippen LogP contribution in [-0.2, 0) is 0 Å². The summed E-state index contributed by atoms with van der Waals surface area (Å²) in [7, 11) is 0. The first kappa shape index (κ1) is 2.44. The highest BCUT2D eigenvalue weighted by Gasteiger charge is 1.83. The number of anilines is 1. The first-order chi connectivity index (χ1) is 5.00. The van der Waals surface area contributed by atoms with Crippen LogP contribution in [0.2, 0.25) is 0 Å². The summed E-state index contributed by atoms with van der Waals surface area (Å²) in [5.41, 5.74) is 5.18. The summed E-state index contributed by atoms with van der Waals surface area (Å²) >= 11 is 0. The third kappa shape index (κ3) is 0.932. The molecule has 0 fully saturated rings. The zero-order valence-corrected chi connectivity index (χ0v) is 4.13. The summed E-state index contributed by atoms with van der Waals surface area (Å²) in [5, 5.41) is 6.83. The van der Waals surface area contributed by atoms with Crippen molar-refractivity contribution in [2.75, 3.05) is 5.73 Å². The molecule has 0 aliphatic carbocycles. The Morgan fingerprint density at radius 2 is 2.50 bits per heavy atom. The summed E-state index contributed by atoms with van der Waals surface area (Å²) in [6.45, 7) is -2.19. The van der Waals surface area contributed by atoms with Crippen molar-refractivity contribution in [1.29, 1.82) is 0 Å². The lowest BCUT2D eigenvalue weighted by Gasteiger charge is -1.87. The number of nitrogens with two attached hydrogens (primary N) is 1. The van der Waals surface area contributed by atoms with Crippen molar-refractivity contribution >= 4 is 5.82 Å². The molecule has 8 heavy (non-hydrogen) atoms. The molecule has 0 saturated heterocycles. The Morgan fingerprint density at radius 3 is 3.00 bits per heavy atom. The lowest BCUT2D eigenvalue weighted by molar-refractivity contribution is 0.990. The molecule has 0 spiro atoms. The minimum Gasteiger partial charge on any atom is -0.382 e. The molecule has 1 rings (SSSR count). The molecule has 0 amide bonds. The van der Waals surface area contributed by atoms with Crippen molar-refractivity contribution in [2.24, 2.45) is 0 Å². The second-order valence-electron chi connectivity index (χ2n) is 1.34. The zero-order chi connectivity index (χ0) is 8.48. The van der Waals surface area contributed by atoms with Crippen LogP contribution in [0.1, 0.15) is 9.81 Å². The number of hydrogen-bond acceptors (Lipinski definition) is 3. The van der Waals surface area contributed by atoms with Gasteiger partial charge in [-0.05, 0) is 19.0 Å². The Hall–Kier alpha value is -1.12. The molecule has 0 unspecified atom stereocenters. The van der Waals surface area contributed by atoms with E-state index >= 15 is 0 Å². The number of rotatable bonds is 0. The van der Waals surface area contributed by atoms with Crippen LogP contribution in [0.4, 0.5) is 5.82 Å². The minimum absolute atomic E-state index is 0.0355. The second kappa shape index (κ2) is 1.78. The summed E-state index contributed by atoms with van der Waals surface area (Å²) < 4.78 is 20.8. The van der Waals surface area contributed by atoms with Gasteiger partial charge >= 0.3 is 0 Å². The third-order valence-corrected chi connectivity index (χ3v) is 0.685. The van der Waals surface area contributed by atoms with Gasteiger partial charge in [0.1, 0.15) is 5.82 Å². The Kier molecular flexibility index (Phi) is 0.541. The van der Waals surface area contributed by atoms with Gasteiger partial charge in [-0.1, -0.05) is 0 Å². The largest absolute Gasteiger partial charge is 0.382 e. The van der Waals surface area contributed by atoms with Crippen molar-refractivity contribution in [3.8, 4) is 0 Å². The number of nitrogens with zero attached hydrogens (tertiary/aromatic N) is 2. The molecule has 3 nitrogen and oxygen atoms in total. The molecule has 0 radical (unpaired) electrons. The molecule has 0 atom stereocenters. The lowest BCUT2D eigenvalue weighted by Crippen LogP contribution is -1.92. The van der Waals surface area contributed by atoms with Gasteiger partial charge in [-0.15, -0.1) is 5.10 Å². The molecule has 1 heterocycles. The molecule has 3 heteroatoms. The fraction of sp³-hybridized carbons (Fsp3) is 0.200. The van der Waals surface area contributed by atoms with Crippen LogP contribution in [0, 0.1) is 6.85 Å². The second-order valence-corrected chi connectivity index (χ2v) is 1.34. The van der Waals surface area contributed by atoms with E-state index in [0.717, 1.165) is 0 Å². The molecule has 0 bridgehead atoms. The normalized spacial score (nSPS) is 16.2. The average Bonchev–Trinajstić information content (AvgIpc) is 1.86. The van der Waals surface area contributed by atoms with Crippen molar-refractivity contribution < 1.29 is 4.11 Å². The molecule has 2 N–H and O–H groups in total. The fourth-order valence-corrected chi connectivity index (χ4v) is 0.343. The highest BCUT2D eigenvalue weighted by molar-refractivity contribution is 5.24. The van der Waals surface area contributed by atoms with E-state index < -0.39 is 6.85 Å². The topological polar surface area (TPSA) is 51.8 Å². The van der Waals surface area contributed by atoms with Gasteiger partial charge in [0.2, 0.25) is 0 Å². The third-order valence-electron chi connectivity index (χ3n) is 0.685. The van der Waals surface area contributed by atoms with Crippen molar-refractivity contribution in [1.82, 2.24) is 10.2 Å². The van der Waals surface area contributed by atoms with Gasteiger partial charge in [-0.3, -0.25) is 0 Å². The van der Waals surface area contributed by atoms with Gasteiger partial charge in [0, 0.05) is 4.11 Å². The maximum absolute atomic E-state index is 6.93. The van der Waals surface area contributed by atoms with E-state index in [1.165, 1.54) is 12.1 Å². The van der Waals surface area contributed by atoms with E-state index in [4.69, 9.17) is 9.85 Å². The van der Waals surface area contributed by atoms with E-state index in [2.05, 4.69) is 10.2 Å². The van der Waals surface area contributed by atoms with Crippen LogP contribution in [-0.4, -0.2) is 10.2 Å². The van der Waals surface area contributed by atoms with Gasteiger partial charge in [-0.2, -0.15) is 5.10 Å². The highest BCUT2D eigenvalue weighted by atomic mass is 15.1. The van der Waals surface area contributed by atoms with Crippen LogP contribution in [0.15, 0.2) is 12.1 Å². The monoisotopic (exact) mass is 112 g/mol. The highest BCUT2D eigenvalue weighted by Crippen LogP contribution is 1.92. The van der Waals surface area contributed by atoms with Crippen LogP contribution in [0.25, 0.3) is 0 Å². The molecule has 1 aromatic heterocycles. The van der Waals surface area contributed by atoms with E-state index in [0.29, 0.717) is 0 Å². The van der Waals surface area contributed by atoms with Crippen LogP contribution in [0.3, 0.4) is 0 Å². The molecule has 0 aromatic carbocycles. The molecule has 0 aliphatic heterocycles. The van der Waals surface area contributed by atoms with E-state index in [-0.39, 0.29) is 11.5 Å². The Bertz CT molecular complexity index is 240. The fourth-order valence-electron chi connectivity index (χ4n) is 0.343. The number of nitrogen functional groups attached to an aromatic ring is 1. The smallest absolute Gasteiger partial charge is 0.146 e. The summed E-state index contributed by atoms with van der Waals surface area (Å²) in [6.07, 6.45) is 0. The molecule has 1 aromatic rings. The van der Waals surface area contributed by atoms with Crippen molar-refractivity contribution in [3.05, 3.63) is 17.8 Å². The molecular weight excluding hydrogens is 102 g/mol. The van der Waals surface area contributed by atoms with E-state index in [1.54, 1.807) is 0 Å². The first-order valence-electron chi connectivity index (χ1n) is 3.60. The van der Waals surface area contributed by atoms with Gasteiger partial charge in [-0.25, -0.2) is 0 Å². The average molecular weight is 112 g/mol. The summed E-state index contributed by atoms with van der Waals surface area (Å²) in [5.74, 6) is 0.220. The Labute approximate surface area is 51.8 Å². The quantitative estimate of drug-likeness (QED) is 0.527. The van der Waals surface area contributed by atoms with Gasteiger partial charge in [0.05, 0.1) is 5.69 Å². The van der Waals surface area contributed by atoms with Crippen molar-refractivity contribution in [2.45, 2.75) is 6.85 Å². The number of hydrogen-bond donors (Lipinski definition) is 1. The van der Waals surface area contributed by atoms with Crippen LogP contribution < -0.4 is 5.73 Å². The SMILES string of the molecule is [2H]C([2H])([2H])c1ccc(N)nn1. The number of aromatic nitrogens is 2. The maximum Gasteiger partial charge on any atom is 0.146 e. The standard InChI is InChI=1S/C5H7N3/c1-4-2-3-5(6)8-7-4/h2-3H,1H3,(H2,6,8)/i1D3. The molecule has 0 saturated carbocycles. The number of aryl methyl sites for hydroxylation is 1. The summed E-state index contributed by atoms with van der Waals surface area (Å²) in [6, 6.07) is 2.75. The van der Waals surface area contributed by atoms with Crippen LogP contribution >= 0.6 is 0 Å². The Morgan fingerprint density at radius 1 is 1.62 bits per heavy atom. The van der Waals surface area contributed by atoms with Gasteiger partial charge in [0.15, 0.2) is 0 Å². The van der Waals surface area contributed by atoms with E-state index in [9.17, 15) is 0 Å². The first-order valence-corrected chi connectivity index (χ1v) is 2.10. The maximum atomic E-state index is 6.93.